The Balaban J connectivity index is 1.95. The normalized spacial score (nSPS) is 10.0. The summed E-state index contributed by atoms with van der Waals surface area (Å²) in [7, 11) is 0. The summed E-state index contributed by atoms with van der Waals surface area (Å²) < 4.78 is 11.2. The largest absolute Gasteiger partial charge is 0.492 e. The van der Waals surface area contributed by atoms with Gasteiger partial charge in [-0.2, -0.15) is 0 Å². The minimum Gasteiger partial charge on any atom is -0.492 e. The van der Waals surface area contributed by atoms with Gasteiger partial charge in [0.1, 0.15) is 11.5 Å². The molecule has 4 nitrogen and oxygen atoms in total. The third kappa shape index (κ3) is 4.31. The van der Waals surface area contributed by atoms with E-state index in [4.69, 9.17) is 9.47 Å². The lowest BCUT2D eigenvalue weighted by Crippen LogP contribution is -2.13. The van der Waals surface area contributed by atoms with Gasteiger partial charge in [-0.05, 0) is 38.1 Å². The van der Waals surface area contributed by atoms with Crippen molar-refractivity contribution in [3.63, 3.8) is 0 Å². The van der Waals surface area contributed by atoms with E-state index in [0.29, 0.717) is 19.9 Å². The van der Waals surface area contributed by atoms with E-state index in [2.05, 4.69) is 10.6 Å². The van der Waals surface area contributed by atoms with Crippen LogP contribution < -0.4 is 20.1 Å². The lowest BCUT2D eigenvalue weighted by Gasteiger charge is -2.15. The molecule has 2 N–H and O–H groups in total. The van der Waals surface area contributed by atoms with Gasteiger partial charge >= 0.3 is 0 Å². The van der Waals surface area contributed by atoms with Gasteiger partial charge in [-0.1, -0.05) is 24.3 Å². The van der Waals surface area contributed by atoms with Gasteiger partial charge in [-0.3, -0.25) is 0 Å². The summed E-state index contributed by atoms with van der Waals surface area (Å²) in [5, 5.41) is 6.65. The zero-order valence-corrected chi connectivity index (χ0v) is 12.6. The molecule has 0 radical (unpaired) electrons. The first kappa shape index (κ1) is 15.0. The zero-order valence-electron chi connectivity index (χ0n) is 12.6. The predicted octanol–water partition coefficient (Wildman–Crippen LogP) is 3.97. The molecule has 2 aromatic carbocycles. The van der Waals surface area contributed by atoms with Crippen LogP contribution in [0, 0.1) is 0 Å². The second-order valence-electron chi connectivity index (χ2n) is 4.39. The minimum absolute atomic E-state index is 0.591. The van der Waals surface area contributed by atoms with E-state index in [0.717, 1.165) is 22.9 Å². The molecule has 2 rings (SSSR count). The molecule has 4 heteroatoms. The molecule has 0 spiro atoms. The van der Waals surface area contributed by atoms with Gasteiger partial charge < -0.3 is 20.1 Å². The molecule has 21 heavy (non-hydrogen) atoms. The summed E-state index contributed by atoms with van der Waals surface area (Å²) in [6.07, 6.45) is 0. The highest BCUT2D eigenvalue weighted by Crippen LogP contribution is 2.25. The van der Waals surface area contributed by atoms with Crippen LogP contribution in [0.4, 0.5) is 11.4 Å². The molecule has 0 aliphatic carbocycles. The van der Waals surface area contributed by atoms with Gasteiger partial charge in [0.2, 0.25) is 0 Å². The third-order valence-electron chi connectivity index (χ3n) is 2.93. The summed E-state index contributed by atoms with van der Waals surface area (Å²) in [5.74, 6) is 1.72. The first-order valence-corrected chi connectivity index (χ1v) is 7.26. The van der Waals surface area contributed by atoms with Crippen molar-refractivity contribution in [3.05, 3.63) is 48.5 Å². The molecule has 0 amide bonds. The van der Waals surface area contributed by atoms with Crippen molar-refractivity contribution in [3.8, 4) is 11.5 Å². The topological polar surface area (TPSA) is 42.5 Å². The predicted molar refractivity (Wildman–Crippen MR) is 87.3 cm³/mol. The molecular formula is C17H22N2O2. The van der Waals surface area contributed by atoms with Crippen LogP contribution in [-0.2, 0) is 0 Å². The Kier molecular flexibility index (Phi) is 5.76. The molecule has 0 saturated carbocycles. The van der Waals surface area contributed by atoms with E-state index in [9.17, 15) is 0 Å². The van der Waals surface area contributed by atoms with Gasteiger partial charge in [0.25, 0.3) is 0 Å². The Hall–Kier alpha value is -2.36. The van der Waals surface area contributed by atoms with E-state index >= 15 is 0 Å². The molecule has 0 saturated heterocycles. The average Bonchev–Trinajstić information content (AvgIpc) is 2.51. The maximum absolute atomic E-state index is 5.59. The lowest BCUT2D eigenvalue weighted by molar-refractivity contribution is 0.341. The maximum atomic E-state index is 5.59. The highest BCUT2D eigenvalue weighted by Gasteiger charge is 2.03. The van der Waals surface area contributed by atoms with Crippen LogP contribution in [-0.4, -0.2) is 19.9 Å². The first-order valence-electron chi connectivity index (χ1n) is 7.26. The standard InChI is InChI=1S/C17H22N2O2/c1-3-20-16-11-7-5-9-14(16)18-13-19-15-10-6-8-12-17(15)21-4-2/h5-12,18-19H,3-4,13H2,1-2H3. The van der Waals surface area contributed by atoms with E-state index in [1.165, 1.54) is 0 Å². The summed E-state index contributed by atoms with van der Waals surface area (Å²) in [4.78, 5) is 0. The van der Waals surface area contributed by atoms with Crippen LogP contribution >= 0.6 is 0 Å². The molecule has 2 aromatic rings. The van der Waals surface area contributed by atoms with Gasteiger partial charge in [-0.25, -0.2) is 0 Å². The SMILES string of the molecule is CCOc1ccccc1NCNc1ccccc1OCC. The fraction of sp³-hybridized carbons (Fsp3) is 0.294. The molecule has 0 atom stereocenters. The smallest absolute Gasteiger partial charge is 0.142 e. The lowest BCUT2D eigenvalue weighted by atomic mass is 10.3. The number of para-hydroxylation sites is 4. The van der Waals surface area contributed by atoms with Gasteiger partial charge in [-0.15, -0.1) is 0 Å². The van der Waals surface area contributed by atoms with Crippen molar-refractivity contribution in [2.75, 3.05) is 30.5 Å². The van der Waals surface area contributed by atoms with Gasteiger partial charge in [0, 0.05) is 0 Å². The number of hydrogen-bond acceptors (Lipinski definition) is 4. The number of hydrogen-bond donors (Lipinski definition) is 2. The van der Waals surface area contributed by atoms with Crippen LogP contribution in [0.25, 0.3) is 0 Å². The zero-order chi connectivity index (χ0) is 14.9. The summed E-state index contributed by atoms with van der Waals surface area (Å²) in [6.45, 7) is 5.85. The van der Waals surface area contributed by atoms with E-state index in [-0.39, 0.29) is 0 Å². The molecule has 112 valence electrons. The molecule has 0 bridgehead atoms. The molecule has 0 aliphatic rings. The van der Waals surface area contributed by atoms with Crippen molar-refractivity contribution < 1.29 is 9.47 Å². The number of rotatable bonds is 8. The maximum Gasteiger partial charge on any atom is 0.142 e. The third-order valence-corrected chi connectivity index (χ3v) is 2.93. The van der Waals surface area contributed by atoms with Gasteiger partial charge in [0.15, 0.2) is 0 Å². The Labute approximate surface area is 126 Å². The fourth-order valence-electron chi connectivity index (χ4n) is 2.02. The summed E-state index contributed by atoms with van der Waals surface area (Å²) in [6, 6.07) is 15.8. The number of anilines is 2. The molecule has 0 aromatic heterocycles. The van der Waals surface area contributed by atoms with Crippen LogP contribution in [0.2, 0.25) is 0 Å². The van der Waals surface area contributed by atoms with Crippen LogP contribution in [0.3, 0.4) is 0 Å². The van der Waals surface area contributed by atoms with Crippen LogP contribution in [0.1, 0.15) is 13.8 Å². The Morgan fingerprint density at radius 2 is 1.14 bits per heavy atom. The second kappa shape index (κ2) is 8.04. The van der Waals surface area contributed by atoms with Crippen molar-refractivity contribution >= 4 is 11.4 Å². The first-order chi connectivity index (χ1) is 10.3. The van der Waals surface area contributed by atoms with E-state index < -0.39 is 0 Å². The van der Waals surface area contributed by atoms with Crippen molar-refractivity contribution in [1.29, 1.82) is 0 Å². The summed E-state index contributed by atoms with van der Waals surface area (Å²) in [5.41, 5.74) is 1.95. The number of ether oxygens (including phenoxy) is 2. The molecule has 0 fully saturated rings. The van der Waals surface area contributed by atoms with Crippen LogP contribution in [0.15, 0.2) is 48.5 Å². The Morgan fingerprint density at radius 1 is 0.714 bits per heavy atom. The number of nitrogens with one attached hydrogen (secondary N) is 2. The fourth-order valence-corrected chi connectivity index (χ4v) is 2.02. The Bertz CT molecular complexity index is 508. The average molecular weight is 286 g/mol. The second-order valence-corrected chi connectivity index (χ2v) is 4.39. The molecule has 0 heterocycles. The monoisotopic (exact) mass is 286 g/mol. The van der Waals surface area contributed by atoms with Crippen molar-refractivity contribution in [1.82, 2.24) is 0 Å². The molecular weight excluding hydrogens is 264 g/mol. The Morgan fingerprint density at radius 3 is 1.57 bits per heavy atom. The van der Waals surface area contributed by atoms with E-state index in [1.54, 1.807) is 0 Å². The minimum atomic E-state index is 0.591. The molecule has 0 aliphatic heterocycles. The number of benzene rings is 2. The highest BCUT2D eigenvalue weighted by molar-refractivity contribution is 5.59. The quantitative estimate of drug-likeness (QED) is 0.721. The van der Waals surface area contributed by atoms with Crippen LogP contribution in [0.5, 0.6) is 11.5 Å². The van der Waals surface area contributed by atoms with Crippen molar-refractivity contribution in [2.24, 2.45) is 0 Å². The van der Waals surface area contributed by atoms with Crippen molar-refractivity contribution in [2.45, 2.75) is 13.8 Å². The highest BCUT2D eigenvalue weighted by atomic mass is 16.5. The molecule has 0 unspecified atom stereocenters. The summed E-state index contributed by atoms with van der Waals surface area (Å²) >= 11 is 0. The van der Waals surface area contributed by atoms with E-state index in [1.807, 2.05) is 62.4 Å². The van der Waals surface area contributed by atoms with Gasteiger partial charge in [0.05, 0.1) is 31.3 Å².